The summed E-state index contributed by atoms with van der Waals surface area (Å²) in [7, 11) is 0. The predicted octanol–water partition coefficient (Wildman–Crippen LogP) is 1.54. The highest BCUT2D eigenvalue weighted by molar-refractivity contribution is 5.98. The molecule has 28 heavy (non-hydrogen) atoms. The van der Waals surface area contributed by atoms with Crippen LogP contribution in [0.3, 0.4) is 0 Å². The quantitative estimate of drug-likeness (QED) is 0.463. The third-order valence-electron chi connectivity index (χ3n) is 4.01. The molecule has 2 amide bonds. The molecule has 2 aromatic rings. The fourth-order valence-corrected chi connectivity index (χ4v) is 2.93. The molecule has 0 spiro atoms. The molecule has 0 aliphatic rings. The van der Waals surface area contributed by atoms with Gasteiger partial charge >= 0.3 is 0 Å². The second kappa shape index (κ2) is 8.55. The zero-order valence-corrected chi connectivity index (χ0v) is 16.4. The maximum Gasteiger partial charge on any atom is 0.267 e. The normalized spacial score (nSPS) is 11.9. The molecule has 0 aliphatic carbocycles. The maximum atomic E-state index is 12.4. The lowest BCUT2D eigenvalue weighted by Crippen LogP contribution is -2.38. The third kappa shape index (κ3) is 5.32. The van der Waals surface area contributed by atoms with Crippen LogP contribution in [0.15, 0.2) is 23.0 Å². The lowest BCUT2D eigenvalue weighted by atomic mass is 10.0. The fourth-order valence-electron chi connectivity index (χ4n) is 2.93. The Hall–Kier alpha value is -3.36. The monoisotopic (exact) mass is 386 g/mol. The Morgan fingerprint density at radius 1 is 1.14 bits per heavy atom. The average Bonchev–Trinajstić information content (AvgIpc) is 2.51. The summed E-state index contributed by atoms with van der Waals surface area (Å²) in [6, 6.07) is 4.95. The molecule has 1 aromatic heterocycles. The number of carbonyl (C=O) groups is 2. The van der Waals surface area contributed by atoms with Crippen LogP contribution in [0.2, 0.25) is 0 Å². The maximum absolute atomic E-state index is 12.4. The van der Waals surface area contributed by atoms with Gasteiger partial charge < -0.3 is 22.1 Å². The zero-order chi connectivity index (χ0) is 21.0. The van der Waals surface area contributed by atoms with Crippen LogP contribution in [0.25, 0.3) is 0 Å². The number of hydrogen-bond acceptors (Lipinski definition) is 6. The summed E-state index contributed by atoms with van der Waals surface area (Å²) in [6.45, 7) is 7.73. The third-order valence-corrected chi connectivity index (χ3v) is 4.01. The highest BCUT2D eigenvalue weighted by Crippen LogP contribution is 2.21. The predicted molar refractivity (Wildman–Crippen MR) is 109 cm³/mol. The Morgan fingerprint density at radius 2 is 1.75 bits per heavy atom. The Balaban J connectivity index is 2.46. The molecule has 0 fully saturated rings. The standard InChI is InChI=1S/C19H26N6O3/c1-9(2)5-13(15(20)26)23-19-24-17(14(16(21)27)18(28)25-19)22-12-7-10(3)6-11(4)8-12/h6-9,13H,5H2,1-4H3,(H2,20,26)(H2,21,27)(H3,22,23,24,25,28). The van der Waals surface area contributed by atoms with E-state index >= 15 is 0 Å². The number of aryl methyl sites for hydroxylation is 2. The van der Waals surface area contributed by atoms with E-state index in [-0.39, 0.29) is 23.2 Å². The molecule has 2 rings (SSSR count). The highest BCUT2D eigenvalue weighted by Gasteiger charge is 2.21. The number of nitrogens with zero attached hydrogens (tertiary/aromatic N) is 1. The van der Waals surface area contributed by atoms with E-state index in [1.54, 1.807) is 0 Å². The van der Waals surface area contributed by atoms with Crippen LogP contribution < -0.4 is 27.7 Å². The Labute approximate surface area is 162 Å². The van der Waals surface area contributed by atoms with E-state index in [0.717, 1.165) is 11.1 Å². The summed E-state index contributed by atoms with van der Waals surface area (Å²) in [6.07, 6.45) is 0.455. The van der Waals surface area contributed by atoms with Gasteiger partial charge in [0.05, 0.1) is 0 Å². The average molecular weight is 386 g/mol. The summed E-state index contributed by atoms with van der Waals surface area (Å²) in [4.78, 5) is 42.6. The van der Waals surface area contributed by atoms with E-state index in [0.29, 0.717) is 12.1 Å². The lowest BCUT2D eigenvalue weighted by Gasteiger charge is -2.18. The van der Waals surface area contributed by atoms with Gasteiger partial charge in [-0.15, -0.1) is 0 Å². The Bertz CT molecular complexity index is 931. The highest BCUT2D eigenvalue weighted by atomic mass is 16.2. The van der Waals surface area contributed by atoms with Crippen molar-refractivity contribution in [2.24, 2.45) is 17.4 Å². The summed E-state index contributed by atoms with van der Waals surface area (Å²) in [5.41, 5.74) is 12.4. The van der Waals surface area contributed by atoms with Gasteiger partial charge in [0.15, 0.2) is 5.82 Å². The largest absolute Gasteiger partial charge is 0.368 e. The molecule has 9 nitrogen and oxygen atoms in total. The minimum atomic E-state index is -0.916. The number of H-pyrrole nitrogens is 1. The van der Waals surface area contributed by atoms with E-state index in [1.807, 2.05) is 45.9 Å². The van der Waals surface area contributed by atoms with Crippen molar-refractivity contribution in [1.29, 1.82) is 0 Å². The number of benzene rings is 1. The smallest absolute Gasteiger partial charge is 0.267 e. The lowest BCUT2D eigenvalue weighted by molar-refractivity contribution is -0.119. The van der Waals surface area contributed by atoms with E-state index < -0.39 is 23.4 Å². The number of aromatic amines is 1. The van der Waals surface area contributed by atoms with Crippen molar-refractivity contribution in [2.45, 2.75) is 40.2 Å². The number of anilines is 3. The molecule has 1 unspecified atom stereocenters. The van der Waals surface area contributed by atoms with E-state index in [1.165, 1.54) is 0 Å². The van der Waals surface area contributed by atoms with Crippen molar-refractivity contribution < 1.29 is 9.59 Å². The number of hydrogen-bond donors (Lipinski definition) is 5. The van der Waals surface area contributed by atoms with Crippen LogP contribution >= 0.6 is 0 Å². The molecule has 0 aliphatic heterocycles. The molecule has 0 bridgehead atoms. The van der Waals surface area contributed by atoms with E-state index in [2.05, 4.69) is 20.6 Å². The molecule has 150 valence electrons. The van der Waals surface area contributed by atoms with Gasteiger partial charge in [-0.3, -0.25) is 19.4 Å². The van der Waals surface area contributed by atoms with Crippen molar-refractivity contribution in [2.75, 3.05) is 10.6 Å². The van der Waals surface area contributed by atoms with Gasteiger partial charge in [0.1, 0.15) is 11.6 Å². The molecule has 1 atom stereocenters. The first-order chi connectivity index (χ1) is 13.1. The fraction of sp³-hybridized carbons (Fsp3) is 0.368. The first-order valence-electron chi connectivity index (χ1n) is 8.92. The molecule has 0 saturated heterocycles. The Kier molecular flexibility index (Phi) is 6.40. The van der Waals surface area contributed by atoms with Crippen LogP contribution in [0.4, 0.5) is 17.5 Å². The molecule has 0 radical (unpaired) electrons. The van der Waals surface area contributed by atoms with Crippen LogP contribution in [0.5, 0.6) is 0 Å². The minimum absolute atomic E-state index is 0.00322. The minimum Gasteiger partial charge on any atom is -0.368 e. The van der Waals surface area contributed by atoms with Gasteiger partial charge in [0, 0.05) is 5.69 Å². The van der Waals surface area contributed by atoms with Crippen molar-refractivity contribution in [3.63, 3.8) is 0 Å². The molecule has 0 saturated carbocycles. The summed E-state index contributed by atoms with van der Waals surface area (Å²) in [5, 5.41) is 5.80. The van der Waals surface area contributed by atoms with Crippen LogP contribution in [0.1, 0.15) is 41.8 Å². The SMILES string of the molecule is Cc1cc(C)cc(Nc2nc(NC(CC(C)C)C(N)=O)[nH]c(=O)c2C(N)=O)c1. The second-order valence-corrected chi connectivity index (χ2v) is 7.23. The van der Waals surface area contributed by atoms with Crippen molar-refractivity contribution in [3.05, 3.63) is 45.2 Å². The number of rotatable bonds is 8. The zero-order valence-electron chi connectivity index (χ0n) is 16.4. The van der Waals surface area contributed by atoms with E-state index in [9.17, 15) is 14.4 Å². The van der Waals surface area contributed by atoms with Gasteiger partial charge in [-0.05, 0) is 49.4 Å². The van der Waals surface area contributed by atoms with Gasteiger partial charge in [0.2, 0.25) is 11.9 Å². The van der Waals surface area contributed by atoms with Crippen LogP contribution in [-0.2, 0) is 4.79 Å². The summed E-state index contributed by atoms with van der Waals surface area (Å²) >= 11 is 0. The Morgan fingerprint density at radius 3 is 2.25 bits per heavy atom. The molecule has 1 heterocycles. The van der Waals surface area contributed by atoms with Crippen LogP contribution in [0, 0.1) is 19.8 Å². The molecule has 7 N–H and O–H groups in total. The van der Waals surface area contributed by atoms with Crippen molar-refractivity contribution in [1.82, 2.24) is 9.97 Å². The molecular formula is C19H26N6O3. The number of aromatic nitrogens is 2. The topological polar surface area (TPSA) is 156 Å². The van der Waals surface area contributed by atoms with Gasteiger partial charge in [-0.1, -0.05) is 19.9 Å². The molecule has 9 heteroatoms. The van der Waals surface area contributed by atoms with Crippen molar-refractivity contribution in [3.8, 4) is 0 Å². The number of amides is 2. The van der Waals surface area contributed by atoms with Crippen LogP contribution in [-0.4, -0.2) is 27.8 Å². The first kappa shape index (κ1) is 20.9. The molecular weight excluding hydrogens is 360 g/mol. The summed E-state index contributed by atoms with van der Waals surface area (Å²) < 4.78 is 0. The second-order valence-electron chi connectivity index (χ2n) is 7.23. The van der Waals surface area contributed by atoms with Gasteiger partial charge in [-0.25, -0.2) is 0 Å². The van der Waals surface area contributed by atoms with Gasteiger partial charge in [0.25, 0.3) is 11.5 Å². The first-order valence-corrected chi connectivity index (χ1v) is 8.92. The number of primary amides is 2. The van der Waals surface area contributed by atoms with Gasteiger partial charge in [-0.2, -0.15) is 4.98 Å². The van der Waals surface area contributed by atoms with E-state index in [4.69, 9.17) is 11.5 Å². The number of nitrogens with two attached hydrogens (primary N) is 2. The number of carbonyl (C=O) groups excluding carboxylic acids is 2. The van der Waals surface area contributed by atoms with Crippen molar-refractivity contribution >= 4 is 29.3 Å². The summed E-state index contributed by atoms with van der Waals surface area (Å²) in [5.74, 6) is -1.28. The number of nitrogens with one attached hydrogen (secondary N) is 3. The molecule has 1 aromatic carbocycles.